The number of carbonyl (C=O) groups is 1. The van der Waals surface area contributed by atoms with Gasteiger partial charge >= 0.3 is 0 Å². The number of carbonyl (C=O) groups excluding carboxylic acids is 1. The van der Waals surface area contributed by atoms with E-state index in [4.69, 9.17) is 4.74 Å². The number of amides is 1. The van der Waals surface area contributed by atoms with Crippen molar-refractivity contribution in [3.05, 3.63) is 72.3 Å². The number of hydrogen-bond acceptors (Lipinski definition) is 4. The standard InChI is InChI=1S/C22H24N2O4S/c1-16(28-21-12-10-20(11-13-21)24(2)29(3,26)27)22(25)23-15-17-8-9-18-6-4-5-7-19(18)14-17/h4-14,16H,15H2,1-3H3,(H,23,25)/t16-/m1/s1. The topological polar surface area (TPSA) is 75.7 Å². The molecule has 1 amide bonds. The molecule has 152 valence electrons. The van der Waals surface area contributed by atoms with Gasteiger partial charge in [0.2, 0.25) is 10.0 Å². The van der Waals surface area contributed by atoms with Crippen molar-refractivity contribution >= 4 is 32.4 Å². The predicted octanol–water partition coefficient (Wildman–Crippen LogP) is 3.32. The summed E-state index contributed by atoms with van der Waals surface area (Å²) >= 11 is 0. The summed E-state index contributed by atoms with van der Waals surface area (Å²) in [7, 11) is -1.84. The van der Waals surface area contributed by atoms with Gasteiger partial charge in [-0.15, -0.1) is 0 Å². The van der Waals surface area contributed by atoms with E-state index >= 15 is 0 Å². The largest absolute Gasteiger partial charge is 0.481 e. The molecule has 0 aliphatic heterocycles. The van der Waals surface area contributed by atoms with Crippen LogP contribution in [0.15, 0.2) is 66.7 Å². The molecule has 1 N–H and O–H groups in total. The van der Waals surface area contributed by atoms with Crippen LogP contribution in [0.3, 0.4) is 0 Å². The smallest absolute Gasteiger partial charge is 0.261 e. The van der Waals surface area contributed by atoms with E-state index in [0.717, 1.165) is 22.6 Å². The summed E-state index contributed by atoms with van der Waals surface area (Å²) in [5.41, 5.74) is 1.53. The van der Waals surface area contributed by atoms with Crippen molar-refractivity contribution in [3.63, 3.8) is 0 Å². The molecular formula is C22H24N2O4S. The number of benzene rings is 3. The Morgan fingerprint density at radius 3 is 2.34 bits per heavy atom. The molecule has 3 aromatic carbocycles. The van der Waals surface area contributed by atoms with Gasteiger partial charge in [0.1, 0.15) is 5.75 Å². The molecule has 0 unspecified atom stereocenters. The molecule has 0 radical (unpaired) electrons. The minimum absolute atomic E-state index is 0.226. The fourth-order valence-corrected chi connectivity index (χ4v) is 3.37. The summed E-state index contributed by atoms with van der Waals surface area (Å²) in [6.07, 6.45) is 0.452. The van der Waals surface area contributed by atoms with Crippen molar-refractivity contribution in [3.8, 4) is 5.75 Å². The molecule has 29 heavy (non-hydrogen) atoms. The van der Waals surface area contributed by atoms with E-state index in [1.165, 1.54) is 11.4 Å². The Morgan fingerprint density at radius 2 is 1.69 bits per heavy atom. The van der Waals surface area contributed by atoms with Crippen molar-refractivity contribution < 1.29 is 17.9 Å². The SMILES string of the molecule is C[C@@H](Oc1ccc(N(C)S(C)(=O)=O)cc1)C(=O)NCc1ccc2ccccc2c1. The van der Waals surface area contributed by atoms with E-state index in [2.05, 4.69) is 11.4 Å². The zero-order chi connectivity index (χ0) is 21.0. The van der Waals surface area contributed by atoms with E-state index in [1.54, 1.807) is 31.2 Å². The Balaban J connectivity index is 1.57. The first-order chi connectivity index (χ1) is 13.7. The highest BCUT2D eigenvalue weighted by Gasteiger charge is 2.16. The highest BCUT2D eigenvalue weighted by molar-refractivity contribution is 7.92. The van der Waals surface area contributed by atoms with Gasteiger partial charge in [0.15, 0.2) is 6.10 Å². The van der Waals surface area contributed by atoms with Crippen molar-refractivity contribution in [2.24, 2.45) is 0 Å². The number of nitrogens with zero attached hydrogens (tertiary/aromatic N) is 1. The molecule has 0 aliphatic carbocycles. The van der Waals surface area contributed by atoms with E-state index in [1.807, 2.05) is 36.4 Å². The van der Waals surface area contributed by atoms with Gasteiger partial charge in [-0.3, -0.25) is 9.10 Å². The zero-order valence-corrected chi connectivity index (χ0v) is 17.4. The molecule has 0 spiro atoms. The number of hydrogen-bond donors (Lipinski definition) is 1. The van der Waals surface area contributed by atoms with Gasteiger partial charge in [-0.25, -0.2) is 8.42 Å². The summed E-state index contributed by atoms with van der Waals surface area (Å²) in [6.45, 7) is 2.09. The quantitative estimate of drug-likeness (QED) is 0.646. The van der Waals surface area contributed by atoms with Gasteiger partial charge in [-0.2, -0.15) is 0 Å². The van der Waals surface area contributed by atoms with Crippen LogP contribution in [0.4, 0.5) is 5.69 Å². The van der Waals surface area contributed by atoms with E-state index in [-0.39, 0.29) is 5.91 Å². The van der Waals surface area contributed by atoms with Gasteiger partial charge < -0.3 is 10.1 Å². The van der Waals surface area contributed by atoms with Crippen LogP contribution in [0.25, 0.3) is 10.8 Å². The van der Waals surface area contributed by atoms with Crippen LogP contribution >= 0.6 is 0 Å². The average Bonchev–Trinajstić information content (AvgIpc) is 2.71. The van der Waals surface area contributed by atoms with Gasteiger partial charge in [0, 0.05) is 13.6 Å². The highest BCUT2D eigenvalue weighted by Crippen LogP contribution is 2.21. The second-order valence-electron chi connectivity index (χ2n) is 6.88. The van der Waals surface area contributed by atoms with Crippen LogP contribution < -0.4 is 14.4 Å². The number of rotatable bonds is 7. The predicted molar refractivity (Wildman–Crippen MR) is 116 cm³/mol. The first-order valence-corrected chi connectivity index (χ1v) is 11.0. The summed E-state index contributed by atoms with van der Waals surface area (Å²) in [5.74, 6) is 0.263. The van der Waals surface area contributed by atoms with Gasteiger partial charge in [-0.05, 0) is 53.6 Å². The lowest BCUT2D eigenvalue weighted by molar-refractivity contribution is -0.127. The Kier molecular flexibility index (Phi) is 6.08. The lowest BCUT2D eigenvalue weighted by Crippen LogP contribution is -2.35. The van der Waals surface area contributed by atoms with Crippen LogP contribution in [0, 0.1) is 0 Å². The molecule has 0 saturated heterocycles. The molecule has 3 aromatic rings. The van der Waals surface area contributed by atoms with E-state index in [9.17, 15) is 13.2 Å². The van der Waals surface area contributed by atoms with Gasteiger partial charge in [-0.1, -0.05) is 36.4 Å². The Hall–Kier alpha value is -3.06. The van der Waals surface area contributed by atoms with Crippen LogP contribution in [-0.4, -0.2) is 33.7 Å². The molecular weight excluding hydrogens is 388 g/mol. The molecule has 0 aliphatic rings. The summed E-state index contributed by atoms with van der Waals surface area (Å²) in [5, 5.41) is 5.17. The Morgan fingerprint density at radius 1 is 1.03 bits per heavy atom. The maximum absolute atomic E-state index is 12.4. The highest BCUT2D eigenvalue weighted by atomic mass is 32.2. The monoisotopic (exact) mass is 412 g/mol. The first kappa shape index (κ1) is 20.7. The fourth-order valence-electron chi connectivity index (χ4n) is 2.87. The number of sulfonamides is 1. The third-order valence-electron chi connectivity index (χ3n) is 4.66. The van der Waals surface area contributed by atoms with Crippen LogP contribution in [-0.2, 0) is 21.4 Å². The molecule has 0 heterocycles. The molecule has 0 aromatic heterocycles. The average molecular weight is 413 g/mol. The Labute approximate surface area is 171 Å². The maximum atomic E-state index is 12.4. The molecule has 3 rings (SSSR count). The van der Waals surface area contributed by atoms with Crippen molar-refractivity contribution in [1.29, 1.82) is 0 Å². The molecule has 7 heteroatoms. The fraction of sp³-hybridized carbons (Fsp3) is 0.227. The number of nitrogens with one attached hydrogen (secondary N) is 1. The molecule has 6 nitrogen and oxygen atoms in total. The van der Waals surface area contributed by atoms with E-state index < -0.39 is 16.1 Å². The second kappa shape index (κ2) is 8.53. The van der Waals surface area contributed by atoms with Gasteiger partial charge in [0.05, 0.1) is 11.9 Å². The van der Waals surface area contributed by atoms with E-state index in [0.29, 0.717) is 18.0 Å². The third kappa shape index (κ3) is 5.26. The van der Waals surface area contributed by atoms with Crippen molar-refractivity contribution in [2.45, 2.75) is 19.6 Å². The lowest BCUT2D eigenvalue weighted by Gasteiger charge is -2.18. The minimum atomic E-state index is -3.32. The van der Waals surface area contributed by atoms with Crippen LogP contribution in [0.1, 0.15) is 12.5 Å². The van der Waals surface area contributed by atoms with Crippen molar-refractivity contribution in [1.82, 2.24) is 5.32 Å². The normalized spacial score (nSPS) is 12.4. The summed E-state index contributed by atoms with van der Waals surface area (Å²) in [6, 6.07) is 20.7. The van der Waals surface area contributed by atoms with Crippen molar-refractivity contribution in [2.75, 3.05) is 17.6 Å². The molecule has 0 bridgehead atoms. The van der Waals surface area contributed by atoms with Gasteiger partial charge in [0.25, 0.3) is 5.91 Å². The minimum Gasteiger partial charge on any atom is -0.481 e. The molecule has 0 fully saturated rings. The first-order valence-electron chi connectivity index (χ1n) is 9.20. The molecule has 1 atom stereocenters. The number of anilines is 1. The zero-order valence-electron chi connectivity index (χ0n) is 16.6. The van der Waals surface area contributed by atoms with Crippen LogP contribution in [0.5, 0.6) is 5.75 Å². The second-order valence-corrected chi connectivity index (χ2v) is 8.90. The molecule has 0 saturated carbocycles. The lowest BCUT2D eigenvalue weighted by atomic mass is 10.1. The summed E-state index contributed by atoms with van der Waals surface area (Å²) < 4.78 is 30.0. The Bertz CT molecular complexity index is 1110. The number of fused-ring (bicyclic) bond motifs is 1. The maximum Gasteiger partial charge on any atom is 0.261 e. The number of ether oxygens (including phenoxy) is 1. The summed E-state index contributed by atoms with van der Waals surface area (Å²) in [4.78, 5) is 12.4. The van der Waals surface area contributed by atoms with Crippen LogP contribution in [0.2, 0.25) is 0 Å². The third-order valence-corrected chi connectivity index (χ3v) is 5.87.